The number of hydrogen-bond donors (Lipinski definition) is 1. The van der Waals surface area contributed by atoms with E-state index in [-0.39, 0.29) is 12.4 Å². The quantitative estimate of drug-likeness (QED) is 0.656. The zero-order valence-corrected chi connectivity index (χ0v) is 7.53. The van der Waals surface area contributed by atoms with Crippen molar-refractivity contribution in [2.24, 2.45) is 11.1 Å². The Kier molecular flexibility index (Phi) is 2.79. The van der Waals surface area contributed by atoms with Crippen LogP contribution in [0.4, 0.5) is 0 Å². The van der Waals surface area contributed by atoms with Crippen molar-refractivity contribution in [3.8, 4) is 0 Å². The van der Waals surface area contributed by atoms with E-state index in [0.717, 1.165) is 6.61 Å². The Morgan fingerprint density at radius 1 is 1.36 bits per heavy atom. The predicted octanol–water partition coefficient (Wildman–Crippen LogP) is 1.33. The number of rotatable bonds is 1. The zero-order valence-electron chi connectivity index (χ0n) is 6.71. The van der Waals surface area contributed by atoms with Crippen molar-refractivity contribution in [2.75, 3.05) is 13.2 Å². The molecule has 1 aliphatic carbocycles. The molecule has 11 heavy (non-hydrogen) atoms. The number of nitrogens with two attached hydrogens (primary N) is 1. The lowest BCUT2D eigenvalue weighted by Gasteiger charge is -2.27. The first-order chi connectivity index (χ1) is 4.85. The van der Waals surface area contributed by atoms with Gasteiger partial charge in [0.15, 0.2) is 0 Å². The number of halogens is 1. The van der Waals surface area contributed by atoms with Crippen molar-refractivity contribution < 1.29 is 4.74 Å². The number of ether oxygens (including phenoxy) is 1. The summed E-state index contributed by atoms with van der Waals surface area (Å²) in [5.74, 6) is 0. The first-order valence-electron chi connectivity index (χ1n) is 4.16. The van der Waals surface area contributed by atoms with Gasteiger partial charge < -0.3 is 10.5 Å². The lowest BCUT2D eigenvalue weighted by Crippen LogP contribution is -2.32. The topological polar surface area (TPSA) is 35.2 Å². The van der Waals surface area contributed by atoms with Crippen LogP contribution in [0.2, 0.25) is 0 Å². The standard InChI is InChI=1S/C8H15NO.ClH/c9-5-7-1-2-8(3-4-8)6-10-7;/h7H,1-6,9H2;1H. The van der Waals surface area contributed by atoms with Crippen LogP contribution in [-0.4, -0.2) is 19.3 Å². The highest BCUT2D eigenvalue weighted by atomic mass is 35.5. The second kappa shape index (κ2) is 3.30. The second-order valence-corrected chi connectivity index (χ2v) is 3.71. The predicted molar refractivity (Wildman–Crippen MR) is 46.9 cm³/mol. The van der Waals surface area contributed by atoms with Crippen molar-refractivity contribution >= 4 is 12.4 Å². The van der Waals surface area contributed by atoms with Gasteiger partial charge in [-0.3, -0.25) is 0 Å². The average Bonchev–Trinajstić information content (AvgIpc) is 2.72. The summed E-state index contributed by atoms with van der Waals surface area (Å²) in [6.07, 6.45) is 5.70. The molecule has 0 amide bonds. The van der Waals surface area contributed by atoms with Crippen LogP contribution in [0.25, 0.3) is 0 Å². The molecule has 66 valence electrons. The normalized spacial score (nSPS) is 33.0. The minimum absolute atomic E-state index is 0. The molecule has 0 bridgehead atoms. The van der Waals surface area contributed by atoms with E-state index in [1.165, 1.54) is 25.7 Å². The van der Waals surface area contributed by atoms with Crippen LogP contribution >= 0.6 is 12.4 Å². The van der Waals surface area contributed by atoms with Crippen LogP contribution in [0.1, 0.15) is 25.7 Å². The highest BCUT2D eigenvalue weighted by molar-refractivity contribution is 5.85. The molecule has 2 rings (SSSR count). The van der Waals surface area contributed by atoms with Gasteiger partial charge in [0.05, 0.1) is 12.7 Å². The fourth-order valence-electron chi connectivity index (χ4n) is 1.67. The van der Waals surface area contributed by atoms with Gasteiger partial charge in [0.2, 0.25) is 0 Å². The molecule has 1 atom stereocenters. The molecule has 2 aliphatic rings. The molecule has 0 radical (unpaired) electrons. The Morgan fingerprint density at radius 2 is 2.09 bits per heavy atom. The van der Waals surface area contributed by atoms with Gasteiger partial charge in [-0.05, 0) is 31.1 Å². The van der Waals surface area contributed by atoms with E-state index in [1.807, 2.05) is 0 Å². The first kappa shape index (κ1) is 9.30. The van der Waals surface area contributed by atoms with Crippen molar-refractivity contribution in [2.45, 2.75) is 31.8 Å². The fourth-order valence-corrected chi connectivity index (χ4v) is 1.67. The van der Waals surface area contributed by atoms with Crippen molar-refractivity contribution in [3.63, 3.8) is 0 Å². The summed E-state index contributed by atoms with van der Waals surface area (Å²) >= 11 is 0. The third-order valence-corrected chi connectivity index (χ3v) is 2.84. The van der Waals surface area contributed by atoms with Crippen LogP contribution in [0.5, 0.6) is 0 Å². The Bertz CT molecular complexity index is 126. The molecular formula is C8H16ClNO. The van der Waals surface area contributed by atoms with Crippen molar-refractivity contribution in [1.82, 2.24) is 0 Å². The summed E-state index contributed by atoms with van der Waals surface area (Å²) < 4.78 is 5.58. The summed E-state index contributed by atoms with van der Waals surface area (Å²) in [5, 5.41) is 0. The van der Waals surface area contributed by atoms with Crippen LogP contribution in [0.15, 0.2) is 0 Å². The molecule has 1 aliphatic heterocycles. The third kappa shape index (κ3) is 1.86. The maximum absolute atomic E-state index is 5.58. The molecular weight excluding hydrogens is 162 g/mol. The van der Waals surface area contributed by atoms with E-state index in [4.69, 9.17) is 10.5 Å². The smallest absolute Gasteiger partial charge is 0.0697 e. The lowest BCUT2D eigenvalue weighted by molar-refractivity contribution is -0.0194. The molecule has 1 saturated carbocycles. The molecule has 3 heteroatoms. The molecule has 1 heterocycles. The van der Waals surface area contributed by atoms with Gasteiger partial charge in [0.25, 0.3) is 0 Å². The molecule has 2 N–H and O–H groups in total. The van der Waals surface area contributed by atoms with E-state index >= 15 is 0 Å². The molecule has 2 nitrogen and oxygen atoms in total. The van der Waals surface area contributed by atoms with Crippen LogP contribution in [-0.2, 0) is 4.74 Å². The van der Waals surface area contributed by atoms with Crippen LogP contribution < -0.4 is 5.73 Å². The minimum atomic E-state index is 0. The summed E-state index contributed by atoms with van der Waals surface area (Å²) in [7, 11) is 0. The van der Waals surface area contributed by atoms with E-state index in [1.54, 1.807) is 0 Å². The molecule has 0 aromatic heterocycles. The van der Waals surface area contributed by atoms with Gasteiger partial charge in [-0.1, -0.05) is 0 Å². The summed E-state index contributed by atoms with van der Waals surface area (Å²) in [4.78, 5) is 0. The van der Waals surface area contributed by atoms with Gasteiger partial charge in [-0.2, -0.15) is 0 Å². The van der Waals surface area contributed by atoms with E-state index in [0.29, 0.717) is 18.1 Å². The van der Waals surface area contributed by atoms with Gasteiger partial charge in [0, 0.05) is 6.54 Å². The molecule has 2 fully saturated rings. The lowest BCUT2D eigenvalue weighted by atomic mass is 9.96. The monoisotopic (exact) mass is 177 g/mol. The van der Waals surface area contributed by atoms with Crippen molar-refractivity contribution in [3.05, 3.63) is 0 Å². The second-order valence-electron chi connectivity index (χ2n) is 3.71. The maximum Gasteiger partial charge on any atom is 0.0697 e. The Morgan fingerprint density at radius 3 is 2.45 bits per heavy atom. The zero-order chi connectivity index (χ0) is 7.03. The highest BCUT2D eigenvalue weighted by Gasteiger charge is 2.45. The Labute approximate surface area is 73.9 Å². The van der Waals surface area contributed by atoms with Gasteiger partial charge >= 0.3 is 0 Å². The molecule has 1 saturated heterocycles. The Balaban J connectivity index is 0.000000605. The van der Waals surface area contributed by atoms with Gasteiger partial charge in [-0.15, -0.1) is 12.4 Å². The van der Waals surface area contributed by atoms with Crippen molar-refractivity contribution in [1.29, 1.82) is 0 Å². The molecule has 1 unspecified atom stereocenters. The first-order valence-corrected chi connectivity index (χ1v) is 4.16. The SMILES string of the molecule is Cl.NCC1CCC2(CC2)CO1. The minimum Gasteiger partial charge on any atom is -0.376 e. The number of hydrogen-bond acceptors (Lipinski definition) is 2. The Hall–Kier alpha value is 0.210. The molecule has 0 aromatic carbocycles. The average molecular weight is 178 g/mol. The van der Waals surface area contributed by atoms with E-state index in [2.05, 4.69) is 0 Å². The van der Waals surface area contributed by atoms with Crippen LogP contribution in [0.3, 0.4) is 0 Å². The summed E-state index contributed by atoms with van der Waals surface area (Å²) in [5.41, 5.74) is 6.12. The molecule has 0 aromatic rings. The van der Waals surface area contributed by atoms with E-state index in [9.17, 15) is 0 Å². The maximum atomic E-state index is 5.58. The van der Waals surface area contributed by atoms with Gasteiger partial charge in [0.1, 0.15) is 0 Å². The fraction of sp³-hybridized carbons (Fsp3) is 1.00. The third-order valence-electron chi connectivity index (χ3n) is 2.84. The highest BCUT2D eigenvalue weighted by Crippen LogP contribution is 2.52. The molecule has 1 spiro atoms. The largest absolute Gasteiger partial charge is 0.376 e. The van der Waals surface area contributed by atoms with Crippen LogP contribution in [0, 0.1) is 5.41 Å². The summed E-state index contributed by atoms with van der Waals surface area (Å²) in [6.45, 7) is 1.69. The summed E-state index contributed by atoms with van der Waals surface area (Å²) in [6, 6.07) is 0. The van der Waals surface area contributed by atoms with E-state index < -0.39 is 0 Å². The van der Waals surface area contributed by atoms with Gasteiger partial charge in [-0.25, -0.2) is 0 Å².